The Labute approximate surface area is 90.3 Å². The summed E-state index contributed by atoms with van der Waals surface area (Å²) in [5.41, 5.74) is 0. The van der Waals surface area contributed by atoms with Crippen LogP contribution >= 0.6 is 11.8 Å². The van der Waals surface area contributed by atoms with Gasteiger partial charge in [-0.1, -0.05) is 0 Å². The van der Waals surface area contributed by atoms with Crippen molar-refractivity contribution >= 4 is 17.7 Å². The van der Waals surface area contributed by atoms with Crippen LogP contribution in [-0.2, 0) is 0 Å². The molecule has 14 heavy (non-hydrogen) atoms. The molecule has 2 heterocycles. The van der Waals surface area contributed by atoms with Gasteiger partial charge in [0.05, 0.1) is 0 Å². The van der Waals surface area contributed by atoms with E-state index in [1.54, 1.807) is 0 Å². The Morgan fingerprint density at radius 2 is 2.43 bits per heavy atom. The highest BCUT2D eigenvalue weighted by atomic mass is 32.2. The minimum absolute atomic E-state index is 0.646. The zero-order valence-electron chi connectivity index (χ0n) is 8.83. The van der Waals surface area contributed by atoms with Crippen LogP contribution in [0.25, 0.3) is 0 Å². The van der Waals surface area contributed by atoms with Crippen molar-refractivity contribution in [3.63, 3.8) is 0 Å². The van der Waals surface area contributed by atoms with Crippen LogP contribution in [0.3, 0.4) is 0 Å². The molecule has 0 saturated carbocycles. The number of nitrogens with zero attached hydrogens (tertiary/aromatic N) is 2. The molecule has 3 nitrogen and oxygen atoms in total. The molecular weight excluding hydrogens is 194 g/mol. The fraction of sp³-hybridized carbons (Fsp3) is 0.900. The Morgan fingerprint density at radius 3 is 3.14 bits per heavy atom. The number of rotatable bonds is 1. The smallest absolute Gasteiger partial charge is 0.193 e. The average Bonchev–Trinajstić information content (AvgIpc) is 2.23. The van der Waals surface area contributed by atoms with E-state index in [1.807, 2.05) is 0 Å². The van der Waals surface area contributed by atoms with E-state index in [9.17, 15) is 0 Å². The lowest BCUT2D eigenvalue weighted by molar-refractivity contribution is 0.431. The summed E-state index contributed by atoms with van der Waals surface area (Å²) in [6.45, 7) is 2.14. The van der Waals surface area contributed by atoms with Gasteiger partial charge in [0.1, 0.15) is 0 Å². The van der Waals surface area contributed by atoms with E-state index in [1.165, 1.54) is 30.8 Å². The van der Waals surface area contributed by atoms with Gasteiger partial charge in [-0.3, -0.25) is 4.99 Å². The van der Waals surface area contributed by atoms with Crippen LogP contribution in [-0.4, -0.2) is 48.5 Å². The summed E-state index contributed by atoms with van der Waals surface area (Å²) in [6, 6.07) is 0.646. The molecule has 0 aliphatic carbocycles. The quantitative estimate of drug-likeness (QED) is 0.708. The van der Waals surface area contributed by atoms with Crippen molar-refractivity contribution in [2.75, 3.05) is 31.6 Å². The monoisotopic (exact) mass is 213 g/mol. The van der Waals surface area contributed by atoms with Gasteiger partial charge in [-0.25, -0.2) is 0 Å². The van der Waals surface area contributed by atoms with Gasteiger partial charge in [0, 0.05) is 31.9 Å². The van der Waals surface area contributed by atoms with E-state index in [0.29, 0.717) is 6.04 Å². The second-order valence-corrected chi connectivity index (χ2v) is 5.19. The predicted octanol–water partition coefficient (Wildman–Crippen LogP) is 1.16. The molecule has 0 aromatic rings. The van der Waals surface area contributed by atoms with Crippen LogP contribution in [0.15, 0.2) is 4.99 Å². The van der Waals surface area contributed by atoms with Crippen molar-refractivity contribution in [3.8, 4) is 0 Å². The second kappa shape index (κ2) is 4.91. The molecule has 0 aromatic heterocycles. The van der Waals surface area contributed by atoms with Gasteiger partial charge in [0.25, 0.3) is 0 Å². The SMILES string of the molecule is CN1CCCN=C1NC1CCCSC1. The van der Waals surface area contributed by atoms with Gasteiger partial charge in [-0.15, -0.1) is 0 Å². The molecule has 1 unspecified atom stereocenters. The first-order valence-electron chi connectivity index (χ1n) is 5.46. The molecule has 1 fully saturated rings. The van der Waals surface area contributed by atoms with E-state index >= 15 is 0 Å². The molecule has 0 aromatic carbocycles. The molecule has 4 heteroatoms. The van der Waals surface area contributed by atoms with Crippen LogP contribution in [0.5, 0.6) is 0 Å². The van der Waals surface area contributed by atoms with Crippen LogP contribution in [0, 0.1) is 0 Å². The van der Waals surface area contributed by atoms with Gasteiger partial charge >= 0.3 is 0 Å². The molecule has 2 aliphatic rings. The van der Waals surface area contributed by atoms with Crippen molar-refractivity contribution in [2.45, 2.75) is 25.3 Å². The molecule has 0 amide bonds. The molecule has 2 rings (SSSR count). The summed E-state index contributed by atoms with van der Waals surface area (Å²) in [6.07, 6.45) is 3.85. The number of guanidine groups is 1. The minimum Gasteiger partial charge on any atom is -0.353 e. The fourth-order valence-electron chi connectivity index (χ4n) is 1.91. The van der Waals surface area contributed by atoms with E-state index in [4.69, 9.17) is 0 Å². The Kier molecular flexibility index (Phi) is 3.56. The second-order valence-electron chi connectivity index (χ2n) is 4.04. The standard InChI is InChI=1S/C10H19N3S/c1-13-6-3-5-11-10(13)12-9-4-2-7-14-8-9/h9H,2-8H2,1H3,(H,11,12). The van der Waals surface area contributed by atoms with Gasteiger partial charge < -0.3 is 10.2 Å². The molecule has 1 saturated heterocycles. The molecular formula is C10H19N3S. The zero-order chi connectivity index (χ0) is 9.80. The summed E-state index contributed by atoms with van der Waals surface area (Å²) < 4.78 is 0. The van der Waals surface area contributed by atoms with E-state index in [0.717, 1.165) is 19.0 Å². The lowest BCUT2D eigenvalue weighted by atomic mass is 10.2. The molecule has 1 atom stereocenters. The first-order valence-corrected chi connectivity index (χ1v) is 6.61. The Hall–Kier alpha value is -0.380. The van der Waals surface area contributed by atoms with E-state index < -0.39 is 0 Å². The third-order valence-corrected chi connectivity index (χ3v) is 3.98. The summed E-state index contributed by atoms with van der Waals surface area (Å²) >= 11 is 2.06. The number of aliphatic imine (C=N–C) groups is 1. The molecule has 0 radical (unpaired) electrons. The van der Waals surface area contributed by atoms with Crippen LogP contribution in [0.2, 0.25) is 0 Å². The van der Waals surface area contributed by atoms with Crippen LogP contribution < -0.4 is 5.32 Å². The fourth-order valence-corrected chi connectivity index (χ4v) is 2.98. The topological polar surface area (TPSA) is 27.6 Å². The minimum atomic E-state index is 0.646. The van der Waals surface area contributed by atoms with Gasteiger partial charge in [-0.05, 0) is 25.0 Å². The van der Waals surface area contributed by atoms with E-state index in [-0.39, 0.29) is 0 Å². The van der Waals surface area contributed by atoms with Crippen molar-refractivity contribution in [2.24, 2.45) is 4.99 Å². The number of nitrogens with one attached hydrogen (secondary N) is 1. The van der Waals surface area contributed by atoms with E-state index in [2.05, 4.69) is 34.0 Å². The molecule has 80 valence electrons. The first kappa shape index (κ1) is 10.1. The van der Waals surface area contributed by atoms with Crippen LogP contribution in [0.4, 0.5) is 0 Å². The summed E-state index contributed by atoms with van der Waals surface area (Å²) in [7, 11) is 2.13. The largest absolute Gasteiger partial charge is 0.353 e. The maximum Gasteiger partial charge on any atom is 0.193 e. The molecule has 0 spiro atoms. The number of hydrogen-bond donors (Lipinski definition) is 1. The number of hydrogen-bond acceptors (Lipinski definition) is 4. The van der Waals surface area contributed by atoms with Crippen molar-refractivity contribution in [1.82, 2.24) is 10.2 Å². The maximum absolute atomic E-state index is 4.53. The van der Waals surface area contributed by atoms with Crippen LogP contribution in [0.1, 0.15) is 19.3 Å². The van der Waals surface area contributed by atoms with Gasteiger partial charge in [0.2, 0.25) is 0 Å². The van der Waals surface area contributed by atoms with Gasteiger partial charge in [-0.2, -0.15) is 11.8 Å². The third-order valence-electron chi connectivity index (χ3n) is 2.77. The molecule has 1 N–H and O–H groups in total. The maximum atomic E-state index is 4.53. The van der Waals surface area contributed by atoms with Gasteiger partial charge in [0.15, 0.2) is 5.96 Å². The molecule has 0 bridgehead atoms. The van der Waals surface area contributed by atoms with Crippen molar-refractivity contribution < 1.29 is 0 Å². The van der Waals surface area contributed by atoms with Crippen molar-refractivity contribution in [3.05, 3.63) is 0 Å². The molecule has 2 aliphatic heterocycles. The zero-order valence-corrected chi connectivity index (χ0v) is 9.65. The third kappa shape index (κ3) is 2.56. The summed E-state index contributed by atoms with van der Waals surface area (Å²) in [4.78, 5) is 6.77. The summed E-state index contributed by atoms with van der Waals surface area (Å²) in [5, 5.41) is 3.56. The highest BCUT2D eigenvalue weighted by molar-refractivity contribution is 7.99. The Balaban J connectivity index is 1.85. The first-order chi connectivity index (χ1) is 6.86. The highest BCUT2D eigenvalue weighted by Gasteiger charge is 2.18. The highest BCUT2D eigenvalue weighted by Crippen LogP contribution is 2.17. The Bertz CT molecular complexity index is 211. The number of thioether (sulfide) groups is 1. The average molecular weight is 213 g/mol. The normalized spacial score (nSPS) is 28.5. The Morgan fingerprint density at radius 1 is 1.50 bits per heavy atom. The lowest BCUT2D eigenvalue weighted by Gasteiger charge is -2.31. The summed E-state index contributed by atoms with van der Waals surface area (Å²) in [5.74, 6) is 3.69. The van der Waals surface area contributed by atoms with Crippen molar-refractivity contribution in [1.29, 1.82) is 0 Å². The lowest BCUT2D eigenvalue weighted by Crippen LogP contribution is -2.48. The predicted molar refractivity (Wildman–Crippen MR) is 63.0 cm³/mol.